The lowest BCUT2D eigenvalue weighted by Gasteiger charge is -2.35. The minimum atomic E-state index is -0.831. The van der Waals surface area contributed by atoms with Crippen molar-refractivity contribution < 1.29 is 9.90 Å². The van der Waals surface area contributed by atoms with Gasteiger partial charge in [-0.2, -0.15) is 4.37 Å². The second kappa shape index (κ2) is 4.57. The third-order valence-electron chi connectivity index (χ3n) is 2.71. The third kappa shape index (κ3) is 2.46. The molecule has 0 saturated carbocycles. The first-order valence-electron chi connectivity index (χ1n) is 5.73. The van der Waals surface area contributed by atoms with Crippen LogP contribution in [0.2, 0.25) is 0 Å². The maximum absolute atomic E-state index is 11.0. The molecular formula is C13H16N2O2S. The first-order valence-corrected chi connectivity index (χ1v) is 6.51. The minimum Gasteiger partial charge on any atom is -0.480 e. The number of benzene rings is 1. The number of aliphatic carboxylic acids is 1. The number of anilines is 1. The van der Waals surface area contributed by atoms with Gasteiger partial charge in [0.1, 0.15) is 11.5 Å². The molecule has 0 amide bonds. The van der Waals surface area contributed by atoms with E-state index in [2.05, 4.69) is 4.37 Å². The first kappa shape index (κ1) is 12.8. The average molecular weight is 264 g/mol. The van der Waals surface area contributed by atoms with Crippen molar-refractivity contribution in [2.45, 2.75) is 26.3 Å². The van der Waals surface area contributed by atoms with Gasteiger partial charge < -0.3 is 10.0 Å². The highest BCUT2D eigenvalue weighted by molar-refractivity contribution is 7.11. The van der Waals surface area contributed by atoms with E-state index in [1.807, 2.05) is 49.9 Å². The summed E-state index contributed by atoms with van der Waals surface area (Å²) in [5.74, 6) is -0.831. The van der Waals surface area contributed by atoms with Crippen molar-refractivity contribution in [1.29, 1.82) is 0 Å². The number of carboxylic acids is 1. The van der Waals surface area contributed by atoms with E-state index in [9.17, 15) is 4.79 Å². The molecule has 4 nitrogen and oxygen atoms in total. The van der Waals surface area contributed by atoms with Crippen LogP contribution >= 0.6 is 11.5 Å². The van der Waals surface area contributed by atoms with Crippen LogP contribution in [0, 0.1) is 0 Å². The molecule has 1 aromatic carbocycles. The molecule has 0 aliphatic carbocycles. The van der Waals surface area contributed by atoms with E-state index in [1.165, 1.54) is 11.5 Å². The molecule has 0 atom stereocenters. The van der Waals surface area contributed by atoms with Gasteiger partial charge in [-0.3, -0.25) is 4.79 Å². The maximum atomic E-state index is 11.0. The molecule has 0 radical (unpaired) electrons. The van der Waals surface area contributed by atoms with Crippen LogP contribution in [0.1, 0.15) is 20.8 Å². The summed E-state index contributed by atoms with van der Waals surface area (Å²) in [5, 5.41) is 11.0. The second-order valence-corrected chi connectivity index (χ2v) is 5.91. The largest absolute Gasteiger partial charge is 0.480 e. The Balaban J connectivity index is 2.51. The van der Waals surface area contributed by atoms with Gasteiger partial charge in [-0.1, -0.05) is 12.1 Å². The molecule has 0 unspecified atom stereocenters. The van der Waals surface area contributed by atoms with Crippen molar-refractivity contribution in [1.82, 2.24) is 4.37 Å². The quantitative estimate of drug-likeness (QED) is 0.926. The Morgan fingerprint density at radius 1 is 1.39 bits per heavy atom. The zero-order valence-electron chi connectivity index (χ0n) is 10.7. The van der Waals surface area contributed by atoms with E-state index < -0.39 is 5.97 Å². The zero-order valence-corrected chi connectivity index (χ0v) is 11.5. The summed E-state index contributed by atoms with van der Waals surface area (Å²) in [6.45, 7) is 6.00. The molecule has 0 saturated heterocycles. The van der Waals surface area contributed by atoms with Crippen LogP contribution < -0.4 is 4.90 Å². The van der Waals surface area contributed by atoms with Crippen LogP contribution in [0.4, 0.5) is 5.00 Å². The van der Waals surface area contributed by atoms with Crippen molar-refractivity contribution in [3.8, 4) is 0 Å². The lowest BCUT2D eigenvalue weighted by atomic mass is 10.1. The Morgan fingerprint density at radius 3 is 2.67 bits per heavy atom. The topological polar surface area (TPSA) is 53.4 Å². The van der Waals surface area contributed by atoms with Gasteiger partial charge in [0.15, 0.2) is 0 Å². The lowest BCUT2D eigenvalue weighted by Crippen LogP contribution is -2.44. The van der Waals surface area contributed by atoms with Gasteiger partial charge >= 0.3 is 5.97 Å². The van der Waals surface area contributed by atoms with Crippen LogP contribution in [-0.2, 0) is 4.79 Å². The predicted octanol–water partition coefficient (Wildman–Crippen LogP) is 2.99. The molecule has 0 spiro atoms. The molecule has 1 heterocycles. The standard InChI is InChI=1S/C13H16N2O2S/c1-13(2,3)15(8-11(16)17)12-9-6-4-5-7-10(9)14-18-12/h4-7H,8H2,1-3H3,(H,16,17). The molecule has 0 aliphatic heterocycles. The highest BCUT2D eigenvalue weighted by Crippen LogP contribution is 2.34. The van der Waals surface area contributed by atoms with E-state index in [4.69, 9.17) is 5.11 Å². The first-order chi connectivity index (χ1) is 8.39. The maximum Gasteiger partial charge on any atom is 0.323 e. The lowest BCUT2D eigenvalue weighted by molar-refractivity contribution is -0.135. The monoisotopic (exact) mass is 264 g/mol. The number of rotatable bonds is 3. The van der Waals surface area contributed by atoms with Gasteiger partial charge in [0.25, 0.3) is 0 Å². The van der Waals surface area contributed by atoms with Gasteiger partial charge in [-0.25, -0.2) is 0 Å². The highest BCUT2D eigenvalue weighted by Gasteiger charge is 2.26. The SMILES string of the molecule is CC(C)(C)N(CC(=O)O)c1snc2ccccc12. The zero-order chi connectivity index (χ0) is 13.3. The average Bonchev–Trinajstić information content (AvgIpc) is 2.67. The summed E-state index contributed by atoms with van der Waals surface area (Å²) in [6.07, 6.45) is 0. The normalized spacial score (nSPS) is 11.7. The highest BCUT2D eigenvalue weighted by atomic mass is 32.1. The Bertz CT molecular complexity index is 572. The molecule has 1 aromatic heterocycles. The fourth-order valence-electron chi connectivity index (χ4n) is 1.82. The fraction of sp³-hybridized carbons (Fsp3) is 0.385. The fourth-order valence-corrected chi connectivity index (χ4v) is 2.87. The number of fused-ring (bicyclic) bond motifs is 1. The molecule has 96 valence electrons. The Labute approximate surface area is 110 Å². The molecule has 1 N–H and O–H groups in total. The van der Waals surface area contributed by atoms with Crippen molar-refractivity contribution in [2.75, 3.05) is 11.4 Å². The summed E-state index contributed by atoms with van der Waals surface area (Å²) >= 11 is 1.35. The van der Waals surface area contributed by atoms with Crippen LogP contribution in [0.15, 0.2) is 24.3 Å². The number of nitrogens with zero attached hydrogens (tertiary/aromatic N) is 2. The summed E-state index contributed by atoms with van der Waals surface area (Å²) in [7, 11) is 0. The number of carbonyl (C=O) groups is 1. The van der Waals surface area contributed by atoms with Crippen LogP contribution in [-0.4, -0.2) is 27.5 Å². The van der Waals surface area contributed by atoms with Crippen molar-refractivity contribution in [3.63, 3.8) is 0 Å². The van der Waals surface area contributed by atoms with Crippen LogP contribution in [0.5, 0.6) is 0 Å². The van der Waals surface area contributed by atoms with E-state index in [1.54, 1.807) is 0 Å². The van der Waals surface area contributed by atoms with Crippen LogP contribution in [0.3, 0.4) is 0 Å². The number of hydrogen-bond acceptors (Lipinski definition) is 4. The summed E-state index contributed by atoms with van der Waals surface area (Å²) in [5.41, 5.74) is 0.658. The minimum absolute atomic E-state index is 0.0182. The summed E-state index contributed by atoms with van der Waals surface area (Å²) in [6, 6.07) is 7.80. The van der Waals surface area contributed by atoms with Gasteiger partial charge in [-0.05, 0) is 44.4 Å². The summed E-state index contributed by atoms with van der Waals surface area (Å²) in [4.78, 5) is 12.9. The number of carboxylic acid groups (broad SMARTS) is 1. The third-order valence-corrected chi connectivity index (χ3v) is 3.61. The Hall–Kier alpha value is -1.62. The van der Waals surface area contributed by atoms with Crippen molar-refractivity contribution in [2.24, 2.45) is 0 Å². The molecule has 0 fully saturated rings. The van der Waals surface area contributed by atoms with Gasteiger partial charge in [0, 0.05) is 10.9 Å². The smallest absolute Gasteiger partial charge is 0.323 e. The van der Waals surface area contributed by atoms with Gasteiger partial charge in [0.2, 0.25) is 0 Å². The van der Waals surface area contributed by atoms with E-state index in [-0.39, 0.29) is 12.1 Å². The van der Waals surface area contributed by atoms with Crippen molar-refractivity contribution in [3.05, 3.63) is 24.3 Å². The molecule has 2 aromatic rings. The molecule has 0 bridgehead atoms. The van der Waals surface area contributed by atoms with Crippen LogP contribution in [0.25, 0.3) is 10.9 Å². The number of hydrogen-bond donors (Lipinski definition) is 1. The van der Waals surface area contributed by atoms with E-state index >= 15 is 0 Å². The predicted molar refractivity (Wildman–Crippen MR) is 74.4 cm³/mol. The Morgan fingerprint density at radius 2 is 2.06 bits per heavy atom. The molecule has 0 aliphatic rings. The molecule has 18 heavy (non-hydrogen) atoms. The van der Waals surface area contributed by atoms with Crippen molar-refractivity contribution >= 4 is 33.4 Å². The molecule has 2 rings (SSSR count). The number of aromatic nitrogens is 1. The second-order valence-electron chi connectivity index (χ2n) is 5.16. The van der Waals surface area contributed by atoms with Gasteiger partial charge in [0.05, 0.1) is 5.52 Å². The Kier molecular flexibility index (Phi) is 3.26. The molecule has 5 heteroatoms. The summed E-state index contributed by atoms with van der Waals surface area (Å²) < 4.78 is 4.37. The molecular weight excluding hydrogens is 248 g/mol. The van der Waals surface area contributed by atoms with E-state index in [0.29, 0.717) is 0 Å². The van der Waals surface area contributed by atoms with E-state index in [0.717, 1.165) is 15.9 Å². The van der Waals surface area contributed by atoms with Gasteiger partial charge in [-0.15, -0.1) is 0 Å².